The third kappa shape index (κ3) is 5.54. The van der Waals surface area contributed by atoms with E-state index in [-0.39, 0.29) is 6.04 Å². The number of piperidine rings is 1. The van der Waals surface area contributed by atoms with Gasteiger partial charge in [0, 0.05) is 25.3 Å². The Morgan fingerprint density at radius 3 is 2.65 bits per heavy atom. The Morgan fingerprint density at radius 2 is 2.00 bits per heavy atom. The molecule has 0 unspecified atom stereocenters. The Kier molecular flexibility index (Phi) is 7.44. The fourth-order valence-electron chi connectivity index (χ4n) is 3.23. The molecule has 1 amide bonds. The normalized spacial score (nSPS) is 18.4. The van der Waals surface area contributed by atoms with Crippen molar-refractivity contribution in [3.63, 3.8) is 0 Å². The third-order valence-electron chi connectivity index (χ3n) is 4.35. The van der Waals surface area contributed by atoms with Crippen LogP contribution in [0.25, 0.3) is 0 Å². The molecular weight excluding hydrogens is 304 g/mol. The molecule has 1 fully saturated rings. The molecule has 1 aromatic carbocycles. The van der Waals surface area contributed by atoms with Crippen molar-refractivity contribution in [3.05, 3.63) is 35.4 Å². The fraction of sp³-hybridized carbons (Fsp3) is 0.632. The van der Waals surface area contributed by atoms with Crippen molar-refractivity contribution in [1.82, 2.24) is 9.80 Å². The maximum Gasteiger partial charge on any atom is 0.223 e. The van der Waals surface area contributed by atoms with Gasteiger partial charge in [0.2, 0.25) is 5.91 Å². The van der Waals surface area contributed by atoms with Crippen molar-refractivity contribution in [2.75, 3.05) is 32.1 Å². The lowest BCUT2D eigenvalue weighted by Gasteiger charge is -2.36. The zero-order valence-electron chi connectivity index (χ0n) is 14.8. The van der Waals surface area contributed by atoms with Gasteiger partial charge >= 0.3 is 0 Å². The number of benzene rings is 1. The van der Waals surface area contributed by atoms with Gasteiger partial charge in [-0.25, -0.2) is 0 Å². The summed E-state index contributed by atoms with van der Waals surface area (Å²) in [5, 5.41) is 0. The van der Waals surface area contributed by atoms with Gasteiger partial charge in [-0.05, 0) is 50.2 Å². The molecule has 1 atom stereocenters. The van der Waals surface area contributed by atoms with Gasteiger partial charge in [0.1, 0.15) is 0 Å². The number of hydrogen-bond acceptors (Lipinski definition) is 3. The molecule has 0 aliphatic carbocycles. The van der Waals surface area contributed by atoms with E-state index in [1.807, 2.05) is 11.8 Å². The van der Waals surface area contributed by atoms with Crippen LogP contribution in [-0.4, -0.2) is 47.9 Å². The van der Waals surface area contributed by atoms with Crippen molar-refractivity contribution in [3.8, 4) is 0 Å². The Hall–Kier alpha value is -1.00. The van der Waals surface area contributed by atoms with Gasteiger partial charge in [0.05, 0.1) is 6.04 Å². The van der Waals surface area contributed by atoms with Crippen LogP contribution < -0.4 is 0 Å². The van der Waals surface area contributed by atoms with E-state index in [0.29, 0.717) is 12.3 Å². The predicted molar refractivity (Wildman–Crippen MR) is 99.8 cm³/mol. The first-order chi connectivity index (χ1) is 11.1. The first-order valence-corrected chi connectivity index (χ1v) is 9.88. The number of rotatable bonds is 7. The van der Waals surface area contributed by atoms with Crippen molar-refractivity contribution in [2.45, 2.75) is 45.2 Å². The molecule has 0 N–H and O–H groups in total. The molecule has 2 rings (SSSR count). The Bertz CT molecular complexity index is 487. The van der Waals surface area contributed by atoms with E-state index in [4.69, 9.17) is 0 Å². The first kappa shape index (κ1) is 18.3. The quantitative estimate of drug-likeness (QED) is 0.706. The molecule has 1 saturated heterocycles. The van der Waals surface area contributed by atoms with E-state index in [9.17, 15) is 4.79 Å². The van der Waals surface area contributed by atoms with Crippen LogP contribution in [0.3, 0.4) is 0 Å². The van der Waals surface area contributed by atoms with Crippen LogP contribution in [0.15, 0.2) is 24.3 Å². The summed E-state index contributed by atoms with van der Waals surface area (Å²) in [5.41, 5.74) is 2.62. The van der Waals surface area contributed by atoms with E-state index < -0.39 is 0 Å². The SMILES string of the molecule is CCSCCC(=O)N1CCCC[C@H]1c1ccc(CN(C)C)cc1. The van der Waals surface area contributed by atoms with Crippen molar-refractivity contribution >= 4 is 17.7 Å². The van der Waals surface area contributed by atoms with E-state index in [2.05, 4.69) is 55.1 Å². The molecule has 1 heterocycles. The Labute approximate surface area is 145 Å². The number of carbonyl (C=O) groups is 1. The van der Waals surface area contributed by atoms with E-state index in [1.165, 1.54) is 17.5 Å². The molecule has 3 nitrogen and oxygen atoms in total. The maximum absolute atomic E-state index is 12.6. The predicted octanol–water partition coefficient (Wildman–Crippen LogP) is 3.95. The topological polar surface area (TPSA) is 23.6 Å². The van der Waals surface area contributed by atoms with Gasteiger partial charge in [0.25, 0.3) is 0 Å². The molecule has 128 valence electrons. The van der Waals surface area contributed by atoms with Crippen LogP contribution in [-0.2, 0) is 11.3 Å². The minimum atomic E-state index is 0.274. The highest BCUT2D eigenvalue weighted by Crippen LogP contribution is 2.31. The molecule has 1 aliphatic heterocycles. The molecule has 0 saturated carbocycles. The smallest absolute Gasteiger partial charge is 0.223 e. The van der Waals surface area contributed by atoms with Gasteiger partial charge in [-0.15, -0.1) is 0 Å². The van der Waals surface area contributed by atoms with Gasteiger partial charge in [0.15, 0.2) is 0 Å². The lowest BCUT2D eigenvalue weighted by atomic mass is 9.94. The van der Waals surface area contributed by atoms with Crippen molar-refractivity contribution in [2.24, 2.45) is 0 Å². The van der Waals surface area contributed by atoms with Crippen molar-refractivity contribution in [1.29, 1.82) is 0 Å². The van der Waals surface area contributed by atoms with Gasteiger partial charge < -0.3 is 9.80 Å². The molecule has 1 aliphatic rings. The highest BCUT2D eigenvalue weighted by molar-refractivity contribution is 7.99. The van der Waals surface area contributed by atoms with E-state index in [1.54, 1.807) is 0 Å². The van der Waals surface area contributed by atoms with Crippen LogP contribution in [0, 0.1) is 0 Å². The summed E-state index contributed by atoms with van der Waals surface area (Å²) in [4.78, 5) is 16.9. The number of thioether (sulfide) groups is 1. The largest absolute Gasteiger partial charge is 0.336 e. The highest BCUT2D eigenvalue weighted by Gasteiger charge is 2.27. The Morgan fingerprint density at radius 1 is 1.26 bits per heavy atom. The standard InChI is InChI=1S/C19H30N2OS/c1-4-23-14-12-19(22)21-13-6-5-7-18(21)17-10-8-16(9-11-17)15-20(2)3/h8-11,18H,4-7,12-15H2,1-3H3/t18-/m0/s1. The third-order valence-corrected chi connectivity index (χ3v) is 5.25. The summed E-state index contributed by atoms with van der Waals surface area (Å²) in [6.45, 7) is 4.02. The van der Waals surface area contributed by atoms with Gasteiger partial charge in [-0.2, -0.15) is 11.8 Å². The van der Waals surface area contributed by atoms with Crippen LogP contribution in [0.1, 0.15) is 49.8 Å². The Balaban J connectivity index is 2.03. The zero-order valence-corrected chi connectivity index (χ0v) is 15.6. The van der Waals surface area contributed by atoms with E-state index >= 15 is 0 Å². The summed E-state index contributed by atoms with van der Waals surface area (Å²) >= 11 is 1.85. The molecule has 0 spiro atoms. The second-order valence-electron chi connectivity index (χ2n) is 6.53. The summed E-state index contributed by atoms with van der Waals surface area (Å²) in [7, 11) is 4.17. The number of amides is 1. The van der Waals surface area contributed by atoms with E-state index in [0.717, 1.165) is 37.4 Å². The molecule has 4 heteroatoms. The summed E-state index contributed by atoms with van der Waals surface area (Å²) in [6.07, 6.45) is 4.13. The first-order valence-electron chi connectivity index (χ1n) is 8.72. The average Bonchev–Trinajstić information content (AvgIpc) is 2.55. The summed E-state index contributed by atoms with van der Waals surface area (Å²) in [6, 6.07) is 9.13. The molecule has 1 aromatic rings. The summed E-state index contributed by atoms with van der Waals surface area (Å²) in [5.74, 6) is 2.36. The molecular formula is C19H30N2OS. The highest BCUT2D eigenvalue weighted by atomic mass is 32.2. The number of likely N-dealkylation sites (tertiary alicyclic amines) is 1. The van der Waals surface area contributed by atoms with Crippen LogP contribution >= 0.6 is 11.8 Å². The van der Waals surface area contributed by atoms with Crippen LogP contribution in [0.4, 0.5) is 0 Å². The fourth-order valence-corrected chi connectivity index (χ4v) is 3.84. The number of carbonyl (C=O) groups excluding carboxylic acids is 1. The molecule has 23 heavy (non-hydrogen) atoms. The minimum absolute atomic E-state index is 0.274. The number of nitrogens with zero attached hydrogens (tertiary/aromatic N) is 2. The van der Waals surface area contributed by atoms with Crippen LogP contribution in [0.2, 0.25) is 0 Å². The van der Waals surface area contributed by atoms with Crippen molar-refractivity contribution < 1.29 is 4.79 Å². The monoisotopic (exact) mass is 334 g/mol. The molecule has 0 aromatic heterocycles. The van der Waals surface area contributed by atoms with Gasteiger partial charge in [-0.3, -0.25) is 4.79 Å². The minimum Gasteiger partial charge on any atom is -0.336 e. The zero-order chi connectivity index (χ0) is 16.7. The van der Waals surface area contributed by atoms with Crippen LogP contribution in [0.5, 0.6) is 0 Å². The second kappa shape index (κ2) is 9.33. The lowest BCUT2D eigenvalue weighted by molar-refractivity contribution is -0.134. The summed E-state index contributed by atoms with van der Waals surface area (Å²) < 4.78 is 0. The lowest BCUT2D eigenvalue weighted by Crippen LogP contribution is -2.38. The molecule has 0 bridgehead atoms. The van der Waals surface area contributed by atoms with Gasteiger partial charge in [-0.1, -0.05) is 31.2 Å². The maximum atomic E-state index is 12.6. The number of hydrogen-bond donors (Lipinski definition) is 0. The molecule has 0 radical (unpaired) electrons. The average molecular weight is 335 g/mol. The second-order valence-corrected chi connectivity index (χ2v) is 7.92.